The summed E-state index contributed by atoms with van der Waals surface area (Å²) in [7, 11) is 0. The normalized spacial score (nSPS) is 20.8. The molecule has 0 amide bonds. The Balaban J connectivity index is 1.88. The van der Waals surface area contributed by atoms with Crippen molar-refractivity contribution in [2.24, 2.45) is 0 Å². The standard InChI is InChI=1S/C10H15N3O2S/c14-16(15)8-13-5-1-9(2-6-13)10-7-11-3-4-12-10/h3-4,7,9H,1-2,5-6,8H2,(H,14,15). The van der Waals surface area contributed by atoms with Crippen LogP contribution >= 0.6 is 0 Å². The van der Waals surface area contributed by atoms with Crippen LogP contribution in [0, 0.1) is 0 Å². The van der Waals surface area contributed by atoms with Crippen molar-refractivity contribution in [3.8, 4) is 0 Å². The van der Waals surface area contributed by atoms with Crippen molar-refractivity contribution in [3.05, 3.63) is 24.3 Å². The first-order valence-corrected chi connectivity index (χ1v) is 6.59. The lowest BCUT2D eigenvalue weighted by molar-refractivity contribution is 0.238. The predicted molar refractivity (Wildman–Crippen MR) is 61.2 cm³/mol. The zero-order valence-electron chi connectivity index (χ0n) is 8.95. The Morgan fingerprint density at radius 2 is 2.19 bits per heavy atom. The maximum absolute atomic E-state index is 10.7. The Hall–Kier alpha value is -0.850. The number of hydrogen-bond acceptors (Lipinski definition) is 4. The Kier molecular flexibility index (Phi) is 3.98. The maximum Gasteiger partial charge on any atom is 0.167 e. The smallest absolute Gasteiger partial charge is 0.167 e. The molecule has 1 aliphatic heterocycles. The van der Waals surface area contributed by atoms with Gasteiger partial charge >= 0.3 is 0 Å². The number of hydrogen-bond donors (Lipinski definition) is 1. The summed E-state index contributed by atoms with van der Waals surface area (Å²) in [6.45, 7) is 1.71. The molecule has 1 unspecified atom stereocenters. The lowest BCUT2D eigenvalue weighted by Gasteiger charge is -2.30. The second kappa shape index (κ2) is 5.47. The van der Waals surface area contributed by atoms with Gasteiger partial charge in [-0.25, -0.2) is 4.21 Å². The third-order valence-electron chi connectivity index (χ3n) is 2.88. The van der Waals surface area contributed by atoms with Crippen LogP contribution in [0.25, 0.3) is 0 Å². The molecule has 16 heavy (non-hydrogen) atoms. The highest BCUT2D eigenvalue weighted by Crippen LogP contribution is 2.25. The molecule has 1 fully saturated rings. The van der Waals surface area contributed by atoms with Crippen LogP contribution in [0.4, 0.5) is 0 Å². The first-order valence-electron chi connectivity index (χ1n) is 5.31. The third kappa shape index (κ3) is 3.07. The zero-order valence-corrected chi connectivity index (χ0v) is 9.77. The molecule has 0 bridgehead atoms. The van der Waals surface area contributed by atoms with Gasteiger partial charge in [0.05, 0.1) is 5.69 Å². The fourth-order valence-corrected chi connectivity index (χ4v) is 2.61. The maximum atomic E-state index is 10.7. The van der Waals surface area contributed by atoms with Crippen LogP contribution < -0.4 is 0 Å². The van der Waals surface area contributed by atoms with Crippen molar-refractivity contribution in [3.63, 3.8) is 0 Å². The molecule has 1 aromatic heterocycles. The molecule has 0 aliphatic carbocycles. The van der Waals surface area contributed by atoms with Crippen molar-refractivity contribution in [2.75, 3.05) is 19.0 Å². The van der Waals surface area contributed by atoms with Gasteiger partial charge in [0, 0.05) is 24.5 Å². The Labute approximate surface area is 97.2 Å². The number of likely N-dealkylation sites (tertiary alicyclic amines) is 1. The second-order valence-corrected chi connectivity index (χ2v) is 4.87. The number of nitrogens with zero attached hydrogens (tertiary/aromatic N) is 3. The molecule has 2 heterocycles. The lowest BCUT2D eigenvalue weighted by atomic mass is 9.94. The summed E-state index contributed by atoms with van der Waals surface area (Å²) in [6, 6.07) is 0. The Morgan fingerprint density at radius 3 is 2.75 bits per heavy atom. The van der Waals surface area contributed by atoms with Gasteiger partial charge in [-0.3, -0.25) is 14.9 Å². The van der Waals surface area contributed by atoms with Crippen molar-refractivity contribution in [2.45, 2.75) is 18.8 Å². The van der Waals surface area contributed by atoms with Crippen LogP contribution in [0.1, 0.15) is 24.5 Å². The minimum Gasteiger partial charge on any atom is -0.305 e. The minimum absolute atomic E-state index is 0.257. The molecule has 5 nitrogen and oxygen atoms in total. The van der Waals surface area contributed by atoms with E-state index in [1.54, 1.807) is 12.4 Å². The van der Waals surface area contributed by atoms with Gasteiger partial charge in [-0.1, -0.05) is 0 Å². The number of aromatic nitrogens is 2. The molecule has 88 valence electrons. The summed E-state index contributed by atoms with van der Waals surface area (Å²) in [4.78, 5) is 10.4. The molecule has 0 spiro atoms. The molecule has 0 aromatic carbocycles. The molecular formula is C10H15N3O2S. The van der Waals surface area contributed by atoms with Crippen molar-refractivity contribution in [1.82, 2.24) is 14.9 Å². The number of rotatable bonds is 3. The number of piperidine rings is 1. The summed E-state index contributed by atoms with van der Waals surface area (Å²) < 4.78 is 19.5. The van der Waals surface area contributed by atoms with Gasteiger partial charge in [0.1, 0.15) is 5.88 Å². The van der Waals surface area contributed by atoms with Crippen LogP contribution in [0.15, 0.2) is 18.6 Å². The highest BCUT2D eigenvalue weighted by atomic mass is 32.2. The predicted octanol–water partition coefficient (Wildman–Crippen LogP) is 0.835. The van der Waals surface area contributed by atoms with E-state index in [0.717, 1.165) is 31.6 Å². The van der Waals surface area contributed by atoms with Crippen molar-refractivity contribution >= 4 is 11.1 Å². The third-order valence-corrected chi connectivity index (χ3v) is 3.47. The topological polar surface area (TPSA) is 66.3 Å². The van der Waals surface area contributed by atoms with E-state index in [2.05, 4.69) is 9.97 Å². The van der Waals surface area contributed by atoms with Gasteiger partial charge in [0.2, 0.25) is 0 Å². The Morgan fingerprint density at radius 1 is 1.44 bits per heavy atom. The van der Waals surface area contributed by atoms with Crippen molar-refractivity contribution < 1.29 is 8.76 Å². The van der Waals surface area contributed by atoms with Crippen molar-refractivity contribution in [1.29, 1.82) is 0 Å². The quantitative estimate of drug-likeness (QED) is 0.794. The first-order chi connectivity index (χ1) is 7.75. The molecule has 2 rings (SSSR count). The molecule has 1 aromatic rings. The van der Waals surface area contributed by atoms with Gasteiger partial charge in [-0.15, -0.1) is 0 Å². The van der Waals surface area contributed by atoms with E-state index in [4.69, 9.17) is 4.55 Å². The summed E-state index contributed by atoms with van der Waals surface area (Å²) in [5.74, 6) is 0.699. The second-order valence-electron chi connectivity index (χ2n) is 3.97. The van der Waals surface area contributed by atoms with E-state index < -0.39 is 11.1 Å². The molecule has 1 N–H and O–H groups in total. The molecule has 6 heteroatoms. The fraction of sp³-hybridized carbons (Fsp3) is 0.600. The van der Waals surface area contributed by atoms with E-state index in [1.165, 1.54) is 0 Å². The lowest BCUT2D eigenvalue weighted by Crippen LogP contribution is -2.35. The average molecular weight is 241 g/mol. The van der Waals surface area contributed by atoms with Gasteiger partial charge in [0.25, 0.3) is 0 Å². The molecule has 1 aliphatic rings. The monoisotopic (exact) mass is 241 g/mol. The van der Waals surface area contributed by atoms with E-state index >= 15 is 0 Å². The molecule has 1 saturated heterocycles. The van der Waals surface area contributed by atoms with Crippen LogP contribution in [0.5, 0.6) is 0 Å². The molecule has 1 atom stereocenters. The summed E-state index contributed by atoms with van der Waals surface area (Å²) in [5, 5.41) is 0. The van der Waals surface area contributed by atoms with Gasteiger partial charge < -0.3 is 4.55 Å². The highest BCUT2D eigenvalue weighted by Gasteiger charge is 2.22. The Bertz CT molecular complexity index is 352. The van der Waals surface area contributed by atoms with Crippen LogP contribution in [0.2, 0.25) is 0 Å². The first kappa shape index (κ1) is 11.6. The fourth-order valence-electron chi connectivity index (χ4n) is 2.04. The van der Waals surface area contributed by atoms with E-state index in [9.17, 15) is 4.21 Å². The summed E-state index contributed by atoms with van der Waals surface area (Å²) in [5.41, 5.74) is 1.03. The van der Waals surface area contributed by atoms with E-state index in [0.29, 0.717) is 5.92 Å². The van der Waals surface area contributed by atoms with E-state index in [1.807, 2.05) is 11.1 Å². The zero-order chi connectivity index (χ0) is 11.4. The van der Waals surface area contributed by atoms with E-state index in [-0.39, 0.29) is 5.88 Å². The van der Waals surface area contributed by atoms with Gasteiger partial charge in [-0.05, 0) is 25.9 Å². The molecule has 0 saturated carbocycles. The molecular weight excluding hydrogens is 226 g/mol. The van der Waals surface area contributed by atoms with Crippen LogP contribution in [-0.4, -0.2) is 42.6 Å². The van der Waals surface area contributed by atoms with Crippen LogP contribution in [-0.2, 0) is 11.1 Å². The SMILES string of the molecule is O=S(O)CN1CCC(c2cnccn2)CC1. The summed E-state index contributed by atoms with van der Waals surface area (Å²) >= 11 is -1.72. The minimum atomic E-state index is -1.72. The highest BCUT2D eigenvalue weighted by molar-refractivity contribution is 7.79. The van der Waals surface area contributed by atoms with Gasteiger partial charge in [0.15, 0.2) is 11.1 Å². The van der Waals surface area contributed by atoms with Gasteiger partial charge in [-0.2, -0.15) is 0 Å². The molecule has 0 radical (unpaired) electrons. The largest absolute Gasteiger partial charge is 0.305 e. The van der Waals surface area contributed by atoms with Crippen LogP contribution in [0.3, 0.4) is 0 Å². The average Bonchev–Trinajstić information content (AvgIpc) is 2.30. The summed E-state index contributed by atoms with van der Waals surface area (Å²) in [6.07, 6.45) is 7.16.